The van der Waals surface area contributed by atoms with E-state index in [9.17, 15) is 4.79 Å². The molecule has 2 fully saturated rings. The molecule has 0 unspecified atom stereocenters. The van der Waals surface area contributed by atoms with E-state index < -0.39 is 6.10 Å². The van der Waals surface area contributed by atoms with Gasteiger partial charge in [-0.2, -0.15) is 0 Å². The Balaban J connectivity index is 1.76. The van der Waals surface area contributed by atoms with E-state index in [4.69, 9.17) is 18.6 Å². The molecule has 0 spiro atoms. The van der Waals surface area contributed by atoms with Crippen molar-refractivity contribution < 1.29 is 23.4 Å². The van der Waals surface area contributed by atoms with Crippen LogP contribution in [0.1, 0.15) is 56.6 Å². The number of epoxide rings is 2. The predicted octanol–water partition coefficient (Wildman–Crippen LogP) is 2.84. The van der Waals surface area contributed by atoms with Gasteiger partial charge < -0.3 is 18.6 Å². The Morgan fingerprint density at radius 1 is 1.32 bits per heavy atom. The maximum absolute atomic E-state index is 11.6. The van der Waals surface area contributed by atoms with Gasteiger partial charge in [0.25, 0.3) is 0 Å². The summed E-state index contributed by atoms with van der Waals surface area (Å²) in [6.07, 6.45) is 4.09. The Morgan fingerprint density at radius 2 is 2.09 bits per heavy atom. The number of hydrogen-bond donors (Lipinski definition) is 0. The van der Waals surface area contributed by atoms with Crippen LogP contribution in [-0.2, 0) is 25.4 Å². The summed E-state index contributed by atoms with van der Waals surface area (Å²) in [4.78, 5) is 11.6. The normalized spacial score (nSPS) is 42.6. The molecule has 2 saturated heterocycles. The standard InChI is InChI=1S/C17H22O5/c1-9-8-19-11-7-17(4)12(21-17)5-6-16(3)15(22-16)14(13(9)11)20-10(2)18/h8,12,14-15H,5-7H2,1-4H3/t12-,14-,15-,16-,17-/m1/s1. The third-order valence-electron chi connectivity index (χ3n) is 5.35. The van der Waals surface area contributed by atoms with Crippen LogP contribution in [0.4, 0.5) is 0 Å². The van der Waals surface area contributed by atoms with Gasteiger partial charge in [-0.15, -0.1) is 0 Å². The van der Waals surface area contributed by atoms with Crippen molar-refractivity contribution >= 4 is 5.97 Å². The number of carbonyl (C=O) groups is 1. The minimum absolute atomic E-state index is 0.102. The van der Waals surface area contributed by atoms with Crippen molar-refractivity contribution in [1.29, 1.82) is 0 Å². The van der Waals surface area contributed by atoms with Gasteiger partial charge in [-0.25, -0.2) is 0 Å². The van der Waals surface area contributed by atoms with Crippen molar-refractivity contribution in [2.24, 2.45) is 0 Å². The molecule has 5 heteroatoms. The van der Waals surface area contributed by atoms with Gasteiger partial charge in [0.2, 0.25) is 0 Å². The van der Waals surface area contributed by atoms with Crippen molar-refractivity contribution in [1.82, 2.24) is 0 Å². The van der Waals surface area contributed by atoms with E-state index in [1.54, 1.807) is 6.26 Å². The van der Waals surface area contributed by atoms with E-state index in [2.05, 4.69) is 13.8 Å². The summed E-state index contributed by atoms with van der Waals surface area (Å²) in [7, 11) is 0. The molecule has 3 aliphatic rings. The molecule has 0 radical (unpaired) electrons. The van der Waals surface area contributed by atoms with Crippen LogP contribution in [0.3, 0.4) is 0 Å². The van der Waals surface area contributed by atoms with Crippen LogP contribution >= 0.6 is 0 Å². The topological polar surface area (TPSA) is 64.5 Å². The van der Waals surface area contributed by atoms with E-state index >= 15 is 0 Å². The van der Waals surface area contributed by atoms with E-state index in [0.29, 0.717) is 6.42 Å². The minimum Gasteiger partial charge on any atom is -0.469 e. The van der Waals surface area contributed by atoms with Gasteiger partial charge in [-0.1, -0.05) is 0 Å². The molecule has 0 N–H and O–H groups in total. The number of furan rings is 1. The summed E-state index contributed by atoms with van der Waals surface area (Å²) in [5, 5.41) is 0. The van der Waals surface area contributed by atoms with Crippen LogP contribution in [-0.4, -0.2) is 29.4 Å². The van der Waals surface area contributed by atoms with Crippen molar-refractivity contribution in [3.8, 4) is 0 Å². The highest BCUT2D eigenvalue weighted by Gasteiger charge is 2.62. The molecule has 5 atom stereocenters. The average Bonchev–Trinajstić information content (AvgIpc) is 3.23. The molecular weight excluding hydrogens is 284 g/mol. The number of fused-ring (bicyclic) bond motifs is 3. The molecule has 0 saturated carbocycles. The van der Waals surface area contributed by atoms with Gasteiger partial charge in [-0.3, -0.25) is 4.79 Å². The van der Waals surface area contributed by atoms with Crippen LogP contribution in [0.15, 0.2) is 10.7 Å². The van der Waals surface area contributed by atoms with Crippen LogP contribution in [0.25, 0.3) is 0 Å². The molecule has 4 rings (SSSR count). The van der Waals surface area contributed by atoms with E-state index in [-0.39, 0.29) is 29.4 Å². The van der Waals surface area contributed by atoms with Crippen molar-refractivity contribution in [3.63, 3.8) is 0 Å². The SMILES string of the molecule is CC(=O)O[C@@H]1c2c(C)coc2C[C@@]2(C)O[C@@H]2CC[C@@]2(C)O[C@H]12. The van der Waals surface area contributed by atoms with Crippen LogP contribution in [0.5, 0.6) is 0 Å². The van der Waals surface area contributed by atoms with Gasteiger partial charge in [0, 0.05) is 18.9 Å². The molecule has 0 amide bonds. The highest BCUT2D eigenvalue weighted by atomic mass is 16.6. The fourth-order valence-electron chi connectivity index (χ4n) is 3.86. The third-order valence-corrected chi connectivity index (χ3v) is 5.35. The van der Waals surface area contributed by atoms with E-state index in [1.165, 1.54) is 6.92 Å². The molecule has 22 heavy (non-hydrogen) atoms. The average molecular weight is 306 g/mol. The minimum atomic E-state index is -0.393. The smallest absolute Gasteiger partial charge is 0.303 e. The van der Waals surface area contributed by atoms with Gasteiger partial charge in [0.1, 0.15) is 11.9 Å². The highest BCUT2D eigenvalue weighted by molar-refractivity contribution is 5.66. The zero-order valence-electron chi connectivity index (χ0n) is 13.5. The zero-order valence-corrected chi connectivity index (χ0v) is 13.5. The molecule has 0 bridgehead atoms. The van der Waals surface area contributed by atoms with Crippen molar-refractivity contribution in [2.75, 3.05) is 0 Å². The van der Waals surface area contributed by atoms with Gasteiger partial charge in [0.05, 0.1) is 23.6 Å². The van der Waals surface area contributed by atoms with E-state index in [0.717, 1.165) is 29.7 Å². The number of ether oxygens (including phenoxy) is 3. The maximum atomic E-state index is 11.6. The summed E-state index contributed by atoms with van der Waals surface area (Å²) in [5.41, 5.74) is 1.55. The molecule has 5 nitrogen and oxygen atoms in total. The first-order valence-corrected chi connectivity index (χ1v) is 7.92. The second-order valence-corrected chi connectivity index (χ2v) is 7.27. The second-order valence-electron chi connectivity index (χ2n) is 7.27. The zero-order chi connectivity index (χ0) is 15.7. The van der Waals surface area contributed by atoms with Crippen LogP contribution in [0.2, 0.25) is 0 Å². The summed E-state index contributed by atoms with van der Waals surface area (Å²) >= 11 is 0. The Labute approximate surface area is 129 Å². The number of hydrogen-bond acceptors (Lipinski definition) is 5. The molecule has 2 aliphatic heterocycles. The summed E-state index contributed by atoms with van der Waals surface area (Å²) in [6, 6.07) is 0. The fraction of sp³-hybridized carbons (Fsp3) is 0.706. The Hall–Kier alpha value is -1.33. The summed E-state index contributed by atoms with van der Waals surface area (Å²) in [5.74, 6) is 0.562. The lowest BCUT2D eigenvalue weighted by atomic mass is 9.86. The van der Waals surface area contributed by atoms with Crippen LogP contribution < -0.4 is 0 Å². The number of aryl methyl sites for hydroxylation is 1. The number of esters is 1. The van der Waals surface area contributed by atoms with Gasteiger partial charge >= 0.3 is 5.97 Å². The first-order chi connectivity index (χ1) is 10.3. The second kappa shape index (κ2) is 4.36. The monoisotopic (exact) mass is 306 g/mol. The number of rotatable bonds is 1. The lowest BCUT2D eigenvalue weighted by molar-refractivity contribution is -0.147. The molecular formula is C17H22O5. The maximum Gasteiger partial charge on any atom is 0.303 e. The third kappa shape index (κ3) is 2.10. The molecule has 1 aromatic rings. The Kier molecular flexibility index (Phi) is 2.83. The Morgan fingerprint density at radius 3 is 2.82 bits per heavy atom. The number of carbonyl (C=O) groups excluding carboxylic acids is 1. The lowest BCUT2D eigenvalue weighted by Gasteiger charge is -2.20. The van der Waals surface area contributed by atoms with Crippen LogP contribution in [0, 0.1) is 6.92 Å². The van der Waals surface area contributed by atoms with Gasteiger partial charge in [-0.05, 0) is 39.2 Å². The molecule has 120 valence electrons. The van der Waals surface area contributed by atoms with Gasteiger partial charge in [0.15, 0.2) is 6.10 Å². The fourth-order valence-corrected chi connectivity index (χ4v) is 3.86. The predicted molar refractivity (Wildman–Crippen MR) is 77.4 cm³/mol. The quantitative estimate of drug-likeness (QED) is 0.589. The Bertz CT molecular complexity index is 635. The molecule has 1 aromatic heterocycles. The lowest BCUT2D eigenvalue weighted by Crippen LogP contribution is -2.25. The van der Waals surface area contributed by atoms with Crippen molar-refractivity contribution in [3.05, 3.63) is 23.2 Å². The van der Waals surface area contributed by atoms with E-state index in [1.807, 2.05) is 6.92 Å². The molecule has 0 aromatic carbocycles. The largest absolute Gasteiger partial charge is 0.469 e. The molecule has 1 aliphatic carbocycles. The molecule has 3 heterocycles. The summed E-state index contributed by atoms with van der Waals surface area (Å²) < 4.78 is 23.3. The summed E-state index contributed by atoms with van der Waals surface area (Å²) in [6.45, 7) is 7.63. The first kappa shape index (κ1) is 14.3. The first-order valence-electron chi connectivity index (χ1n) is 7.92. The highest BCUT2D eigenvalue weighted by Crippen LogP contribution is 2.54. The van der Waals surface area contributed by atoms with Crippen molar-refractivity contribution in [2.45, 2.75) is 76.5 Å².